The molecular formula is C22H18F3N3O3. The molecule has 1 atom stereocenters. The number of nitrogens with zero attached hydrogens (tertiary/aromatic N) is 2. The van der Waals surface area contributed by atoms with Crippen LogP contribution in [-0.4, -0.2) is 25.5 Å². The molecule has 1 unspecified atom stereocenters. The average molecular weight is 429 g/mol. The number of methoxy groups -OCH3 is 1. The largest absolute Gasteiger partial charge is 0.416 e. The van der Waals surface area contributed by atoms with Crippen LogP contribution in [0.3, 0.4) is 0 Å². The van der Waals surface area contributed by atoms with Gasteiger partial charge in [-0.1, -0.05) is 18.2 Å². The summed E-state index contributed by atoms with van der Waals surface area (Å²) in [4.78, 5) is 26.8. The van der Waals surface area contributed by atoms with Crippen molar-refractivity contribution in [1.82, 2.24) is 5.32 Å². The first kappa shape index (κ1) is 22.1. The fourth-order valence-electron chi connectivity index (χ4n) is 3.45. The summed E-state index contributed by atoms with van der Waals surface area (Å²) >= 11 is 0. The second-order valence-corrected chi connectivity index (χ2v) is 6.86. The van der Waals surface area contributed by atoms with Gasteiger partial charge < -0.3 is 10.1 Å². The number of anilines is 1. The topological polar surface area (TPSA) is 82.4 Å². The van der Waals surface area contributed by atoms with Gasteiger partial charge in [0.2, 0.25) is 0 Å². The van der Waals surface area contributed by atoms with Gasteiger partial charge in [0, 0.05) is 18.4 Å². The van der Waals surface area contributed by atoms with Crippen molar-refractivity contribution in [3.8, 4) is 6.07 Å². The van der Waals surface area contributed by atoms with E-state index in [0.29, 0.717) is 11.1 Å². The molecule has 0 bridgehead atoms. The number of benzene rings is 2. The summed E-state index contributed by atoms with van der Waals surface area (Å²) < 4.78 is 44.4. The molecule has 0 aliphatic carbocycles. The Morgan fingerprint density at radius 2 is 1.90 bits per heavy atom. The number of carbonyl (C=O) groups excluding carboxylic acids is 2. The Labute approximate surface area is 176 Å². The van der Waals surface area contributed by atoms with Gasteiger partial charge in [-0.15, -0.1) is 0 Å². The average Bonchev–Trinajstić information content (AvgIpc) is 2.73. The molecule has 2 aromatic rings. The van der Waals surface area contributed by atoms with Crippen LogP contribution >= 0.6 is 0 Å². The number of ether oxygens (including phenoxy) is 1. The zero-order valence-corrected chi connectivity index (χ0v) is 16.7. The number of amides is 2. The van der Waals surface area contributed by atoms with E-state index in [1.165, 1.54) is 26.2 Å². The summed E-state index contributed by atoms with van der Waals surface area (Å²) in [6, 6.07) is 11.1. The molecule has 31 heavy (non-hydrogen) atoms. The maximum atomic E-state index is 13.2. The van der Waals surface area contributed by atoms with Gasteiger partial charge in [0.15, 0.2) is 5.78 Å². The van der Waals surface area contributed by atoms with Crippen LogP contribution in [0.2, 0.25) is 0 Å². The van der Waals surface area contributed by atoms with Crippen molar-refractivity contribution >= 4 is 17.5 Å². The van der Waals surface area contributed by atoms with E-state index < -0.39 is 29.6 Å². The van der Waals surface area contributed by atoms with Gasteiger partial charge in [0.05, 0.1) is 28.9 Å². The highest BCUT2D eigenvalue weighted by molar-refractivity contribution is 6.06. The van der Waals surface area contributed by atoms with Gasteiger partial charge in [-0.3, -0.25) is 9.69 Å². The van der Waals surface area contributed by atoms with Crippen LogP contribution in [0.4, 0.5) is 23.7 Å². The molecule has 0 saturated carbocycles. The molecule has 1 heterocycles. The molecule has 0 fully saturated rings. The number of hydrogen-bond donors (Lipinski definition) is 1. The first-order chi connectivity index (χ1) is 14.7. The Morgan fingerprint density at radius 1 is 1.23 bits per heavy atom. The number of allylic oxidation sites excluding steroid dienone is 1. The summed E-state index contributed by atoms with van der Waals surface area (Å²) in [5, 5.41) is 11.7. The minimum Gasteiger partial charge on any atom is -0.377 e. The van der Waals surface area contributed by atoms with E-state index >= 15 is 0 Å². The molecule has 160 valence electrons. The van der Waals surface area contributed by atoms with Crippen molar-refractivity contribution in [2.24, 2.45) is 0 Å². The Kier molecular flexibility index (Phi) is 6.13. The monoisotopic (exact) mass is 429 g/mol. The van der Waals surface area contributed by atoms with Crippen molar-refractivity contribution in [3.63, 3.8) is 0 Å². The van der Waals surface area contributed by atoms with Gasteiger partial charge in [0.1, 0.15) is 6.61 Å². The Bertz CT molecular complexity index is 1090. The highest BCUT2D eigenvalue weighted by Crippen LogP contribution is 2.36. The van der Waals surface area contributed by atoms with E-state index in [1.54, 1.807) is 24.3 Å². The number of rotatable bonds is 5. The van der Waals surface area contributed by atoms with Gasteiger partial charge in [-0.2, -0.15) is 18.4 Å². The number of nitriles is 1. The number of ketones is 1. The normalized spacial score (nSPS) is 16.7. The number of halogens is 3. The van der Waals surface area contributed by atoms with Crippen LogP contribution in [-0.2, 0) is 15.7 Å². The summed E-state index contributed by atoms with van der Waals surface area (Å²) in [5.74, 6) is -0.425. The van der Waals surface area contributed by atoms with Crippen molar-refractivity contribution in [2.45, 2.75) is 19.1 Å². The van der Waals surface area contributed by atoms with Crippen molar-refractivity contribution in [1.29, 1.82) is 5.26 Å². The smallest absolute Gasteiger partial charge is 0.377 e. The first-order valence-electron chi connectivity index (χ1n) is 9.18. The third-order valence-electron chi connectivity index (χ3n) is 4.87. The van der Waals surface area contributed by atoms with E-state index in [1.807, 2.05) is 6.07 Å². The van der Waals surface area contributed by atoms with Crippen molar-refractivity contribution in [3.05, 3.63) is 76.5 Å². The van der Waals surface area contributed by atoms with E-state index in [-0.39, 0.29) is 23.6 Å². The van der Waals surface area contributed by atoms with Gasteiger partial charge >= 0.3 is 12.2 Å². The van der Waals surface area contributed by atoms with E-state index in [9.17, 15) is 22.8 Å². The van der Waals surface area contributed by atoms with Crippen LogP contribution in [0.25, 0.3) is 0 Å². The third kappa shape index (κ3) is 4.44. The molecule has 6 nitrogen and oxygen atoms in total. The molecule has 2 amide bonds. The Morgan fingerprint density at radius 3 is 2.48 bits per heavy atom. The van der Waals surface area contributed by atoms with Crippen molar-refractivity contribution < 1.29 is 27.5 Å². The lowest BCUT2D eigenvalue weighted by atomic mass is 9.91. The highest BCUT2D eigenvalue weighted by atomic mass is 19.4. The van der Waals surface area contributed by atoms with Crippen LogP contribution in [0.15, 0.2) is 59.8 Å². The highest BCUT2D eigenvalue weighted by Gasteiger charge is 2.37. The molecule has 1 N–H and O–H groups in total. The van der Waals surface area contributed by atoms with Gasteiger partial charge in [0.25, 0.3) is 0 Å². The standard InChI is InChI=1S/C22H18F3N3O3/c1-13-19(18(29)12-31-2)20(15-8-6-14(11-26)7-9-15)27-21(30)28(13)17-5-3-4-16(10-17)22(23,24)25/h3-10,20H,12H2,1-2H3,(H,27,30). The molecule has 0 spiro atoms. The number of hydrogen-bond acceptors (Lipinski definition) is 4. The number of Topliss-reactive ketones (excluding diaryl/α,β-unsaturated/α-hetero) is 1. The zero-order valence-electron chi connectivity index (χ0n) is 16.7. The van der Waals surface area contributed by atoms with E-state index in [0.717, 1.165) is 17.0 Å². The summed E-state index contributed by atoms with van der Waals surface area (Å²) in [7, 11) is 1.34. The minimum atomic E-state index is -4.58. The summed E-state index contributed by atoms with van der Waals surface area (Å²) in [6.45, 7) is 1.23. The van der Waals surface area contributed by atoms with Crippen molar-refractivity contribution in [2.75, 3.05) is 18.6 Å². The third-order valence-corrected chi connectivity index (χ3v) is 4.87. The van der Waals surface area contributed by atoms with Crippen LogP contribution in [0.1, 0.15) is 29.7 Å². The fourth-order valence-corrected chi connectivity index (χ4v) is 3.45. The van der Waals surface area contributed by atoms with E-state index in [4.69, 9.17) is 10.00 Å². The van der Waals surface area contributed by atoms with Gasteiger partial charge in [-0.05, 0) is 42.8 Å². The zero-order chi connectivity index (χ0) is 22.8. The minimum absolute atomic E-state index is 0.0224. The molecule has 1 aliphatic rings. The molecular weight excluding hydrogens is 411 g/mol. The van der Waals surface area contributed by atoms with Crippen LogP contribution in [0, 0.1) is 11.3 Å². The summed E-state index contributed by atoms with van der Waals surface area (Å²) in [6.07, 6.45) is -4.58. The van der Waals surface area contributed by atoms with Gasteiger partial charge in [-0.25, -0.2) is 4.79 Å². The van der Waals surface area contributed by atoms with Crippen LogP contribution < -0.4 is 10.2 Å². The molecule has 3 rings (SSSR count). The Hall–Kier alpha value is -3.64. The molecule has 1 aliphatic heterocycles. The Balaban J connectivity index is 2.13. The predicted octanol–water partition coefficient (Wildman–Crippen LogP) is 4.34. The number of urea groups is 1. The molecule has 0 aromatic heterocycles. The molecule has 0 saturated heterocycles. The number of nitrogens with one attached hydrogen (secondary N) is 1. The predicted molar refractivity (Wildman–Crippen MR) is 106 cm³/mol. The SMILES string of the molecule is COCC(=O)C1=C(C)N(c2cccc(C(F)(F)F)c2)C(=O)NC1c1ccc(C#N)cc1. The maximum absolute atomic E-state index is 13.2. The quantitative estimate of drug-likeness (QED) is 0.767. The summed E-state index contributed by atoms with van der Waals surface area (Å²) in [5.41, 5.74) is 0.398. The maximum Gasteiger partial charge on any atom is 0.416 e. The molecule has 2 aromatic carbocycles. The number of carbonyl (C=O) groups is 2. The second-order valence-electron chi connectivity index (χ2n) is 6.86. The fraction of sp³-hybridized carbons (Fsp3) is 0.227. The lowest BCUT2D eigenvalue weighted by molar-refractivity contribution is -0.137. The lowest BCUT2D eigenvalue weighted by Gasteiger charge is -2.36. The van der Waals surface area contributed by atoms with E-state index in [2.05, 4.69) is 5.32 Å². The second kappa shape index (κ2) is 8.62. The number of alkyl halides is 3. The molecule has 9 heteroatoms. The molecule has 0 radical (unpaired) electrons. The van der Waals surface area contributed by atoms with Crippen LogP contribution in [0.5, 0.6) is 0 Å². The lowest BCUT2D eigenvalue weighted by Crippen LogP contribution is -2.48. The first-order valence-corrected chi connectivity index (χ1v) is 9.18.